The summed E-state index contributed by atoms with van der Waals surface area (Å²) in [7, 11) is 3.72. The van der Waals surface area contributed by atoms with Crippen molar-refractivity contribution in [1.29, 1.82) is 0 Å². The third kappa shape index (κ3) is 10.5. The van der Waals surface area contributed by atoms with Gasteiger partial charge in [-0.2, -0.15) is 5.10 Å². The summed E-state index contributed by atoms with van der Waals surface area (Å²) < 4.78 is 7.25. The number of ether oxygens (including phenoxy) is 1. The summed E-state index contributed by atoms with van der Waals surface area (Å²) in [6, 6.07) is 8.98. The van der Waals surface area contributed by atoms with Gasteiger partial charge in [-0.25, -0.2) is 4.79 Å². The van der Waals surface area contributed by atoms with Crippen molar-refractivity contribution in [2.75, 3.05) is 7.11 Å². The monoisotopic (exact) mass is 576 g/mol. The molecule has 41 heavy (non-hydrogen) atoms. The second kappa shape index (κ2) is 13.5. The van der Waals surface area contributed by atoms with E-state index in [1.807, 2.05) is 11.7 Å². The lowest BCUT2D eigenvalue weighted by Gasteiger charge is -2.49. The Hall–Kier alpha value is -3.48. The Morgan fingerprint density at radius 3 is 1.93 bits per heavy atom. The van der Waals surface area contributed by atoms with E-state index in [9.17, 15) is 14.4 Å². The average Bonchev–Trinajstić information content (AvgIpc) is 3.12. The van der Waals surface area contributed by atoms with Crippen molar-refractivity contribution < 1.29 is 39.5 Å². The Morgan fingerprint density at radius 2 is 1.54 bits per heavy atom. The first kappa shape index (κ1) is 33.7. The zero-order valence-corrected chi connectivity index (χ0v) is 25.0. The molecule has 1 aliphatic rings. The van der Waals surface area contributed by atoms with E-state index in [1.54, 1.807) is 7.11 Å². The Labute approximate surface area is 240 Å². The SMILES string of the molecule is COc1ccc(CN(Cc2cn(C)nc2C)C2CC(C)(C)NC(C)(C)C2)cc1.O=C(O)CC(O)(CC(=O)O)C(=O)O. The zero-order valence-electron chi connectivity index (χ0n) is 25.0. The Bertz CT molecular complexity index is 1170. The molecule has 0 atom stereocenters. The molecule has 0 unspecified atom stereocenters. The van der Waals surface area contributed by atoms with E-state index in [4.69, 9.17) is 25.2 Å². The van der Waals surface area contributed by atoms with Crippen LogP contribution in [0.25, 0.3) is 0 Å². The molecule has 228 valence electrons. The minimum atomic E-state index is -2.74. The van der Waals surface area contributed by atoms with Gasteiger partial charge in [0.2, 0.25) is 0 Å². The third-order valence-electron chi connectivity index (χ3n) is 7.00. The van der Waals surface area contributed by atoms with E-state index in [-0.39, 0.29) is 11.1 Å². The number of methoxy groups -OCH3 is 1. The van der Waals surface area contributed by atoms with Crippen molar-refractivity contribution in [2.24, 2.45) is 7.05 Å². The molecule has 0 aliphatic carbocycles. The van der Waals surface area contributed by atoms with Gasteiger partial charge in [-0.05, 0) is 65.2 Å². The van der Waals surface area contributed by atoms with Crippen molar-refractivity contribution in [3.63, 3.8) is 0 Å². The molecule has 12 nitrogen and oxygen atoms in total. The second-order valence-electron chi connectivity index (χ2n) is 12.1. The highest BCUT2D eigenvalue weighted by Crippen LogP contribution is 2.33. The molecule has 5 N–H and O–H groups in total. The van der Waals surface area contributed by atoms with Gasteiger partial charge >= 0.3 is 17.9 Å². The maximum atomic E-state index is 10.3. The largest absolute Gasteiger partial charge is 0.497 e. The zero-order chi connectivity index (χ0) is 31.2. The normalized spacial score (nSPS) is 16.5. The number of hydrogen-bond donors (Lipinski definition) is 5. The maximum absolute atomic E-state index is 10.3. The molecule has 0 saturated carbocycles. The summed E-state index contributed by atoms with van der Waals surface area (Å²) in [6.45, 7) is 13.2. The number of aliphatic carboxylic acids is 3. The van der Waals surface area contributed by atoms with Crippen LogP contribution in [0, 0.1) is 6.92 Å². The van der Waals surface area contributed by atoms with Gasteiger partial charge in [0.15, 0.2) is 5.60 Å². The van der Waals surface area contributed by atoms with Crippen molar-refractivity contribution in [2.45, 2.75) is 96.1 Å². The van der Waals surface area contributed by atoms with Gasteiger partial charge in [0.1, 0.15) is 5.75 Å². The highest BCUT2D eigenvalue weighted by Gasteiger charge is 2.41. The summed E-state index contributed by atoms with van der Waals surface area (Å²) in [5.41, 5.74) is 1.25. The lowest BCUT2D eigenvalue weighted by atomic mass is 9.78. The van der Waals surface area contributed by atoms with Gasteiger partial charge in [-0.1, -0.05) is 12.1 Å². The van der Waals surface area contributed by atoms with Crippen molar-refractivity contribution >= 4 is 17.9 Å². The number of carboxylic acid groups (broad SMARTS) is 3. The van der Waals surface area contributed by atoms with E-state index in [0.717, 1.165) is 37.4 Å². The number of aryl methyl sites for hydroxylation is 2. The van der Waals surface area contributed by atoms with Crippen LogP contribution < -0.4 is 10.1 Å². The fourth-order valence-electron chi connectivity index (χ4n) is 5.54. The predicted octanol–water partition coefficient (Wildman–Crippen LogP) is 2.80. The molecule has 0 bridgehead atoms. The number of aromatic nitrogens is 2. The van der Waals surface area contributed by atoms with Crippen molar-refractivity contribution in [1.82, 2.24) is 20.0 Å². The second-order valence-corrected chi connectivity index (χ2v) is 12.1. The predicted molar refractivity (Wildman–Crippen MR) is 152 cm³/mol. The number of benzene rings is 1. The number of carbonyl (C=O) groups is 3. The highest BCUT2D eigenvalue weighted by atomic mass is 16.5. The van der Waals surface area contributed by atoms with Crippen LogP contribution in [0.5, 0.6) is 5.75 Å². The molecule has 2 heterocycles. The van der Waals surface area contributed by atoms with Crippen LogP contribution in [0.15, 0.2) is 30.5 Å². The number of hydrogen-bond acceptors (Lipinski definition) is 8. The number of piperidine rings is 1. The van der Waals surface area contributed by atoms with Gasteiger partial charge in [-0.3, -0.25) is 19.2 Å². The molecule has 12 heteroatoms. The lowest BCUT2D eigenvalue weighted by Crippen LogP contribution is -2.62. The molecule has 0 amide bonds. The first-order valence-electron chi connectivity index (χ1n) is 13.4. The van der Waals surface area contributed by atoms with Crippen LogP contribution in [-0.4, -0.2) is 82.8 Å². The minimum Gasteiger partial charge on any atom is -0.497 e. The number of nitrogens with one attached hydrogen (secondary N) is 1. The standard InChI is InChI=1S/C23H36N4O.C6H8O7/c1-17-19(15-26(6)24-17)16-27(14-18-8-10-21(28-7)11-9-18)20-12-22(2,3)25-23(4,5)13-20;7-3(8)1-6(13,5(11)12)2-4(9)10/h8-11,15,20,25H,12-14,16H2,1-7H3;13H,1-2H2,(H,7,8)(H,9,10)(H,11,12). The molecule has 2 aromatic rings. The molecular weight excluding hydrogens is 532 g/mol. The molecule has 0 spiro atoms. The average molecular weight is 577 g/mol. The number of rotatable bonds is 11. The summed E-state index contributed by atoms with van der Waals surface area (Å²) in [5, 5.41) is 42.2. The Kier molecular flexibility index (Phi) is 11.1. The molecular formula is C29H44N4O8. The lowest BCUT2D eigenvalue weighted by molar-refractivity contribution is -0.170. The van der Waals surface area contributed by atoms with Gasteiger partial charge < -0.3 is 30.5 Å². The first-order chi connectivity index (χ1) is 18.8. The highest BCUT2D eigenvalue weighted by molar-refractivity contribution is 5.88. The van der Waals surface area contributed by atoms with Gasteiger partial charge in [0, 0.05) is 49.0 Å². The quantitative estimate of drug-likeness (QED) is 0.266. The Balaban J connectivity index is 0.000000383. The molecule has 0 radical (unpaired) electrons. The van der Waals surface area contributed by atoms with E-state index < -0.39 is 36.4 Å². The Morgan fingerprint density at radius 1 is 1.02 bits per heavy atom. The summed E-state index contributed by atoms with van der Waals surface area (Å²) in [4.78, 5) is 33.1. The van der Waals surface area contributed by atoms with Crippen molar-refractivity contribution in [3.05, 3.63) is 47.3 Å². The van der Waals surface area contributed by atoms with Crippen LogP contribution in [0.2, 0.25) is 0 Å². The minimum absolute atomic E-state index is 0.120. The van der Waals surface area contributed by atoms with Crippen LogP contribution in [-0.2, 0) is 34.5 Å². The van der Waals surface area contributed by atoms with Gasteiger partial charge in [0.05, 0.1) is 25.6 Å². The van der Waals surface area contributed by atoms with E-state index in [0.29, 0.717) is 6.04 Å². The van der Waals surface area contributed by atoms with E-state index in [1.165, 1.54) is 11.1 Å². The van der Waals surface area contributed by atoms with Gasteiger partial charge in [0.25, 0.3) is 0 Å². The summed E-state index contributed by atoms with van der Waals surface area (Å²) >= 11 is 0. The number of nitrogens with zero attached hydrogens (tertiary/aromatic N) is 3. The molecule has 1 fully saturated rings. The van der Waals surface area contributed by atoms with Gasteiger partial charge in [-0.15, -0.1) is 0 Å². The fourth-order valence-corrected chi connectivity index (χ4v) is 5.54. The molecule has 1 aliphatic heterocycles. The third-order valence-corrected chi connectivity index (χ3v) is 7.00. The number of aliphatic hydroxyl groups is 1. The van der Waals surface area contributed by atoms with Crippen LogP contribution in [0.4, 0.5) is 0 Å². The first-order valence-corrected chi connectivity index (χ1v) is 13.4. The van der Waals surface area contributed by atoms with Crippen LogP contribution in [0.1, 0.15) is 70.2 Å². The van der Waals surface area contributed by atoms with Crippen LogP contribution in [0.3, 0.4) is 0 Å². The molecule has 3 rings (SSSR count). The van der Waals surface area contributed by atoms with Crippen LogP contribution >= 0.6 is 0 Å². The van der Waals surface area contributed by atoms with Crippen molar-refractivity contribution in [3.8, 4) is 5.75 Å². The number of carboxylic acids is 3. The summed E-state index contributed by atoms with van der Waals surface area (Å²) in [5.74, 6) is -4.11. The van der Waals surface area contributed by atoms with E-state index in [2.05, 4.69) is 80.4 Å². The molecule has 1 aromatic heterocycles. The van der Waals surface area contributed by atoms with E-state index >= 15 is 0 Å². The molecule has 1 aromatic carbocycles. The maximum Gasteiger partial charge on any atom is 0.336 e. The fraction of sp³-hybridized carbons (Fsp3) is 0.586. The molecule has 1 saturated heterocycles. The topological polar surface area (TPSA) is 174 Å². The smallest absolute Gasteiger partial charge is 0.336 e. The summed E-state index contributed by atoms with van der Waals surface area (Å²) in [6.07, 6.45) is 2.13.